The van der Waals surface area contributed by atoms with E-state index in [0.717, 1.165) is 52.4 Å². The molecule has 0 amide bonds. The minimum atomic E-state index is -1.82. The van der Waals surface area contributed by atoms with Gasteiger partial charge in [-0.3, -0.25) is 0 Å². The third-order valence-corrected chi connectivity index (χ3v) is 9.31. The molecule has 0 saturated heterocycles. The number of carboxylic acid groups (broad SMARTS) is 8. The third-order valence-electron chi connectivity index (χ3n) is 6.90. The average Bonchev–Trinajstić information content (AvgIpc) is 3.80. The van der Waals surface area contributed by atoms with Gasteiger partial charge in [0.05, 0.1) is 0 Å². The molecule has 2 aromatic heterocycles. The van der Waals surface area contributed by atoms with E-state index in [4.69, 9.17) is 79.2 Å². The van der Waals surface area contributed by atoms with E-state index in [9.17, 15) is 0 Å². The lowest BCUT2D eigenvalue weighted by molar-refractivity contribution is -0.159. The molecule has 0 aromatic carbocycles. The van der Waals surface area contributed by atoms with Crippen molar-refractivity contribution in [1.29, 1.82) is 0 Å². The quantitative estimate of drug-likeness (QED) is 0.0382. The lowest BCUT2D eigenvalue weighted by atomic mass is 10.2. The molecule has 0 aliphatic carbocycles. The number of aryl methyl sites for hydroxylation is 2. The van der Waals surface area contributed by atoms with Gasteiger partial charge in [-0.25, -0.2) is 38.4 Å². The van der Waals surface area contributed by atoms with Gasteiger partial charge in [0.2, 0.25) is 0 Å². The summed E-state index contributed by atoms with van der Waals surface area (Å²) in [6.45, 7) is 8.80. The van der Waals surface area contributed by atoms with Crippen molar-refractivity contribution in [3.8, 4) is 0 Å². The van der Waals surface area contributed by atoms with Gasteiger partial charge >= 0.3 is 47.8 Å². The highest BCUT2D eigenvalue weighted by Crippen LogP contribution is 2.19. The van der Waals surface area contributed by atoms with Crippen molar-refractivity contribution in [3.63, 3.8) is 0 Å². The summed E-state index contributed by atoms with van der Waals surface area (Å²) in [4.78, 5) is 72.8. The van der Waals surface area contributed by atoms with Gasteiger partial charge in [-0.15, -0.1) is 0 Å². The van der Waals surface area contributed by atoms with E-state index in [2.05, 4.69) is 81.4 Å². The van der Waals surface area contributed by atoms with Crippen molar-refractivity contribution in [2.45, 2.75) is 64.5 Å². The van der Waals surface area contributed by atoms with Crippen molar-refractivity contribution in [1.82, 2.24) is 30.4 Å². The summed E-state index contributed by atoms with van der Waals surface area (Å²) >= 11 is 0. The van der Waals surface area contributed by atoms with Gasteiger partial charge < -0.3 is 71.3 Å². The Balaban J connectivity index is -0.00000109. The summed E-state index contributed by atoms with van der Waals surface area (Å²) in [5, 5.41) is 73.4. The standard InChI is InChI=1S/C28H52N6S2.4C2H2O4/c1-33-19-11-27(25-33)23-31-15-9-5-3-7-13-29-17-21-35-36-22-18-30-14-8-4-6-10-16-32-24-28-12-20-34(2)26-28;4*3-1(4)2(5)6/h11-12,19-20,25-26,29-32H,3-10,13-18,21-24H2,1-2H3;4*(H,3,4)(H,5,6). The van der Waals surface area contributed by atoms with Gasteiger partial charge in [-0.05, 0) is 75.1 Å². The normalized spacial score (nSPS) is 9.83. The van der Waals surface area contributed by atoms with Crippen molar-refractivity contribution < 1.29 is 79.2 Å². The smallest absolute Gasteiger partial charge is 0.414 e. The zero-order valence-corrected chi connectivity index (χ0v) is 35.4. The number of hydrogen-bond acceptors (Lipinski definition) is 14. The van der Waals surface area contributed by atoms with E-state index in [1.165, 1.54) is 74.0 Å². The van der Waals surface area contributed by atoms with E-state index < -0.39 is 47.8 Å². The summed E-state index contributed by atoms with van der Waals surface area (Å²) < 4.78 is 4.21. The minimum absolute atomic E-state index is 0.989. The van der Waals surface area contributed by atoms with Gasteiger partial charge in [0.1, 0.15) is 0 Å². The van der Waals surface area contributed by atoms with Gasteiger partial charge in [-0.1, -0.05) is 47.3 Å². The molecule has 0 saturated carbocycles. The summed E-state index contributed by atoms with van der Waals surface area (Å²) in [5.74, 6) is -12.2. The molecule has 2 rings (SSSR count). The Hall–Kier alpha value is -5.14. The molecule has 2 heterocycles. The monoisotopic (exact) mass is 896 g/mol. The lowest BCUT2D eigenvalue weighted by Gasteiger charge is -2.07. The Labute approximate surface area is 355 Å². The number of nitrogens with zero attached hydrogens (tertiary/aromatic N) is 2. The van der Waals surface area contributed by atoms with Crippen molar-refractivity contribution in [2.24, 2.45) is 14.1 Å². The molecule has 0 spiro atoms. The molecule has 0 atom stereocenters. The van der Waals surface area contributed by atoms with Crippen LogP contribution in [0.5, 0.6) is 0 Å². The van der Waals surface area contributed by atoms with Crippen molar-refractivity contribution in [2.75, 3.05) is 50.8 Å². The average molecular weight is 897 g/mol. The second-order valence-electron chi connectivity index (χ2n) is 12.1. The second kappa shape index (κ2) is 40.6. The largest absolute Gasteiger partial charge is 0.473 e. The maximum absolute atomic E-state index is 9.10. The van der Waals surface area contributed by atoms with Crippen molar-refractivity contribution in [3.05, 3.63) is 48.0 Å². The number of carboxylic acids is 8. The maximum atomic E-state index is 9.10. The van der Waals surface area contributed by atoms with E-state index >= 15 is 0 Å². The van der Waals surface area contributed by atoms with Crippen LogP contribution in [0.4, 0.5) is 0 Å². The highest BCUT2D eigenvalue weighted by atomic mass is 33.1. The fourth-order valence-electron chi connectivity index (χ4n) is 4.10. The first-order valence-electron chi connectivity index (χ1n) is 18.4. The van der Waals surface area contributed by atoms with Gasteiger partial charge in [0, 0.05) is 76.6 Å². The zero-order valence-electron chi connectivity index (χ0n) is 33.7. The molecule has 0 aliphatic rings. The highest BCUT2D eigenvalue weighted by molar-refractivity contribution is 8.76. The van der Waals surface area contributed by atoms with E-state index in [-0.39, 0.29) is 0 Å². The van der Waals surface area contributed by atoms with Crippen LogP contribution in [0.2, 0.25) is 0 Å². The SMILES string of the molecule is Cn1ccc(CNCCCCCCNCCSSCCNCCCCCCNCc2ccn(C)c2)c1.O=C(O)C(=O)O.O=C(O)C(=O)O.O=C(O)C(=O)O.O=C(O)C(=O)O. The first-order valence-corrected chi connectivity index (χ1v) is 20.9. The summed E-state index contributed by atoms with van der Waals surface area (Å²) in [6, 6.07) is 4.37. The Morgan fingerprint density at radius 2 is 0.667 bits per heavy atom. The molecular weight excluding hydrogens is 837 g/mol. The van der Waals surface area contributed by atoms with Crippen LogP contribution in [-0.4, -0.2) is 149 Å². The Morgan fingerprint density at radius 3 is 0.883 bits per heavy atom. The molecule has 22 nitrogen and oxygen atoms in total. The molecule has 0 radical (unpaired) electrons. The molecule has 0 unspecified atom stereocenters. The number of aromatic nitrogens is 2. The predicted molar refractivity (Wildman–Crippen MR) is 223 cm³/mol. The number of carbonyl (C=O) groups is 8. The third kappa shape index (κ3) is 45.6. The van der Waals surface area contributed by atoms with Crippen LogP contribution in [0.3, 0.4) is 0 Å². The Bertz CT molecular complexity index is 1320. The summed E-state index contributed by atoms with van der Waals surface area (Å²) in [6.07, 6.45) is 19.0. The molecule has 0 bridgehead atoms. The van der Waals surface area contributed by atoms with E-state index in [0.29, 0.717) is 0 Å². The van der Waals surface area contributed by atoms with E-state index in [1.807, 2.05) is 21.6 Å². The Kier molecular flexibility index (Phi) is 40.1. The van der Waals surface area contributed by atoms with Gasteiger partial charge in [0.15, 0.2) is 0 Å². The molecule has 60 heavy (non-hydrogen) atoms. The van der Waals surface area contributed by atoms with Crippen LogP contribution in [0.15, 0.2) is 36.9 Å². The topological polar surface area (TPSA) is 356 Å². The van der Waals surface area contributed by atoms with Crippen LogP contribution < -0.4 is 21.3 Å². The molecule has 12 N–H and O–H groups in total. The first kappa shape index (κ1) is 59.2. The van der Waals surface area contributed by atoms with Crippen LogP contribution in [0, 0.1) is 0 Å². The number of rotatable bonds is 25. The molecule has 0 fully saturated rings. The van der Waals surface area contributed by atoms with E-state index in [1.54, 1.807) is 0 Å². The fourth-order valence-corrected chi connectivity index (χ4v) is 6.00. The lowest BCUT2D eigenvalue weighted by Crippen LogP contribution is -2.19. The number of aliphatic carboxylic acids is 8. The molecule has 342 valence electrons. The molecular formula is C36H60N6O16S2. The maximum Gasteiger partial charge on any atom is 0.414 e. The molecule has 2 aromatic rings. The minimum Gasteiger partial charge on any atom is -0.473 e. The summed E-state index contributed by atoms with van der Waals surface area (Å²) in [5.41, 5.74) is 2.75. The second-order valence-corrected chi connectivity index (χ2v) is 14.8. The first-order chi connectivity index (χ1) is 28.3. The van der Waals surface area contributed by atoms with Crippen LogP contribution in [0.1, 0.15) is 62.5 Å². The number of unbranched alkanes of at least 4 members (excludes halogenated alkanes) is 6. The van der Waals surface area contributed by atoms with Crippen LogP contribution >= 0.6 is 21.6 Å². The molecule has 0 aliphatic heterocycles. The number of hydrogen-bond donors (Lipinski definition) is 12. The number of nitrogens with one attached hydrogen (secondary N) is 4. The Morgan fingerprint density at radius 1 is 0.417 bits per heavy atom. The van der Waals surface area contributed by atoms with Gasteiger partial charge in [0.25, 0.3) is 0 Å². The van der Waals surface area contributed by atoms with Crippen LogP contribution in [-0.2, 0) is 65.5 Å². The van der Waals surface area contributed by atoms with Crippen LogP contribution in [0.25, 0.3) is 0 Å². The predicted octanol–water partition coefficient (Wildman–Crippen LogP) is 1.55. The summed E-state index contributed by atoms with van der Waals surface area (Å²) in [7, 11) is 8.16. The fraction of sp³-hybridized carbons (Fsp3) is 0.556. The van der Waals surface area contributed by atoms with Gasteiger partial charge in [-0.2, -0.15) is 0 Å². The highest BCUT2D eigenvalue weighted by Gasteiger charge is 2.06. The zero-order chi connectivity index (χ0) is 46.1. The van der Waals surface area contributed by atoms with Crippen molar-refractivity contribution >= 4 is 69.3 Å². The molecule has 24 heteroatoms.